The molecule has 6 heteroatoms. The molecule has 9 aromatic carbocycles. The summed E-state index contributed by atoms with van der Waals surface area (Å²) < 4.78 is 6.97. The molecule has 5 nitrogen and oxygen atoms in total. The van der Waals surface area contributed by atoms with Gasteiger partial charge in [-0.3, -0.25) is 4.57 Å². The summed E-state index contributed by atoms with van der Waals surface area (Å²) in [5.74, 6) is 1.82. The van der Waals surface area contributed by atoms with Crippen molar-refractivity contribution in [3.8, 4) is 56.7 Å². The fourth-order valence-corrected chi connectivity index (χ4v) is 10.7. The van der Waals surface area contributed by atoms with Crippen molar-refractivity contribution in [1.29, 1.82) is 0 Å². The fourth-order valence-electron chi connectivity index (χ4n) is 9.48. The van der Waals surface area contributed by atoms with Gasteiger partial charge in [-0.05, 0) is 82.9 Å². The Labute approximate surface area is 366 Å². The highest BCUT2D eigenvalue weighted by Gasteiger charge is 2.21. The first-order valence-corrected chi connectivity index (χ1v) is 22.0. The third kappa shape index (κ3) is 5.73. The van der Waals surface area contributed by atoms with Crippen LogP contribution in [-0.2, 0) is 0 Å². The first-order valence-electron chi connectivity index (χ1n) is 21.2. The zero-order valence-electron chi connectivity index (χ0n) is 33.9. The molecule has 4 aromatic heterocycles. The van der Waals surface area contributed by atoms with Crippen LogP contribution in [0.3, 0.4) is 0 Å². The Morgan fingerprint density at radius 2 is 0.889 bits per heavy atom. The quantitative estimate of drug-likeness (QED) is 0.168. The van der Waals surface area contributed by atoms with Crippen LogP contribution in [0, 0.1) is 0 Å². The van der Waals surface area contributed by atoms with Gasteiger partial charge in [-0.1, -0.05) is 152 Å². The van der Waals surface area contributed by atoms with Gasteiger partial charge >= 0.3 is 0 Å². The number of thiophene rings is 1. The first kappa shape index (κ1) is 35.6. The Hall–Kier alpha value is -8.19. The van der Waals surface area contributed by atoms with Crippen molar-refractivity contribution in [3.05, 3.63) is 212 Å². The monoisotopic (exact) mass is 821 g/mol. The molecule has 13 rings (SSSR count). The highest BCUT2D eigenvalue weighted by Crippen LogP contribution is 2.41. The second kappa shape index (κ2) is 14.2. The Morgan fingerprint density at radius 1 is 0.317 bits per heavy atom. The maximum absolute atomic E-state index is 5.39. The van der Waals surface area contributed by atoms with Crippen LogP contribution in [0.5, 0.6) is 0 Å². The van der Waals surface area contributed by atoms with Gasteiger partial charge in [-0.25, -0.2) is 4.98 Å². The minimum Gasteiger partial charge on any atom is -0.309 e. The molecule has 0 aliphatic heterocycles. The minimum atomic E-state index is 0.575. The van der Waals surface area contributed by atoms with Crippen LogP contribution in [0.15, 0.2) is 212 Å². The lowest BCUT2D eigenvalue weighted by Gasteiger charge is -2.12. The van der Waals surface area contributed by atoms with Crippen molar-refractivity contribution >= 4 is 75.1 Å². The summed E-state index contributed by atoms with van der Waals surface area (Å²) in [5, 5.41) is 7.18. The lowest BCUT2D eigenvalue weighted by atomic mass is 10.0. The molecule has 0 saturated heterocycles. The van der Waals surface area contributed by atoms with E-state index in [-0.39, 0.29) is 0 Å². The highest BCUT2D eigenvalue weighted by atomic mass is 32.1. The van der Waals surface area contributed by atoms with Gasteiger partial charge < -0.3 is 4.57 Å². The van der Waals surface area contributed by atoms with Gasteiger partial charge in [0.2, 0.25) is 5.95 Å². The maximum atomic E-state index is 5.39. The molecule has 13 aromatic rings. The second-order valence-corrected chi connectivity index (χ2v) is 17.1. The van der Waals surface area contributed by atoms with E-state index in [0.29, 0.717) is 17.6 Å². The summed E-state index contributed by atoms with van der Waals surface area (Å²) in [7, 11) is 0. The largest absolute Gasteiger partial charge is 0.309 e. The average Bonchev–Trinajstić information content (AvgIpc) is 4.02. The molecule has 0 saturated carbocycles. The summed E-state index contributed by atoms with van der Waals surface area (Å²) in [5.41, 5.74) is 12.0. The zero-order valence-corrected chi connectivity index (χ0v) is 34.7. The molecule has 0 unspecified atom stereocenters. The molecule has 0 N–H and O–H groups in total. The van der Waals surface area contributed by atoms with E-state index >= 15 is 0 Å². The van der Waals surface area contributed by atoms with Crippen molar-refractivity contribution in [2.75, 3.05) is 0 Å². The summed E-state index contributed by atoms with van der Waals surface area (Å²) in [6.07, 6.45) is 0. The number of aromatic nitrogens is 5. The molecule has 0 bridgehead atoms. The van der Waals surface area contributed by atoms with E-state index in [1.807, 2.05) is 0 Å². The van der Waals surface area contributed by atoms with Gasteiger partial charge in [-0.2, -0.15) is 9.97 Å². The molecule has 0 aliphatic rings. The number of rotatable bonds is 6. The molecule has 0 atom stereocenters. The topological polar surface area (TPSA) is 48.5 Å². The predicted molar refractivity (Wildman–Crippen MR) is 263 cm³/mol. The van der Waals surface area contributed by atoms with E-state index in [1.165, 1.54) is 42.9 Å². The number of benzene rings is 9. The van der Waals surface area contributed by atoms with Crippen molar-refractivity contribution < 1.29 is 0 Å². The smallest absolute Gasteiger partial charge is 0.238 e. The molecule has 0 amide bonds. The summed E-state index contributed by atoms with van der Waals surface area (Å²) >= 11 is 1.78. The third-order valence-corrected chi connectivity index (χ3v) is 13.6. The van der Waals surface area contributed by atoms with Gasteiger partial charge in [0.15, 0.2) is 11.6 Å². The molecular formula is C57H35N5S. The van der Waals surface area contributed by atoms with E-state index in [9.17, 15) is 0 Å². The lowest BCUT2D eigenvalue weighted by Crippen LogP contribution is -2.06. The fraction of sp³-hybridized carbons (Fsp3) is 0. The van der Waals surface area contributed by atoms with Crippen molar-refractivity contribution in [2.45, 2.75) is 0 Å². The van der Waals surface area contributed by atoms with Crippen LogP contribution in [0.4, 0.5) is 0 Å². The van der Waals surface area contributed by atoms with E-state index < -0.39 is 0 Å². The number of hydrogen-bond acceptors (Lipinski definition) is 4. The second-order valence-electron chi connectivity index (χ2n) is 16.0. The van der Waals surface area contributed by atoms with E-state index in [0.717, 1.165) is 60.0 Å². The van der Waals surface area contributed by atoms with Gasteiger partial charge in [0.1, 0.15) is 0 Å². The highest BCUT2D eigenvalue weighted by molar-refractivity contribution is 7.26. The van der Waals surface area contributed by atoms with Crippen LogP contribution in [0.2, 0.25) is 0 Å². The molecular weight excluding hydrogens is 787 g/mol. The number of nitrogens with zero attached hydrogens (tertiary/aromatic N) is 5. The summed E-state index contributed by atoms with van der Waals surface area (Å²) in [6.45, 7) is 0. The first-order chi connectivity index (χ1) is 31.2. The molecule has 0 radical (unpaired) electrons. The Balaban J connectivity index is 1.03. The van der Waals surface area contributed by atoms with E-state index in [1.54, 1.807) is 11.3 Å². The normalized spacial score (nSPS) is 11.8. The van der Waals surface area contributed by atoms with Crippen LogP contribution in [-0.4, -0.2) is 24.1 Å². The third-order valence-electron chi connectivity index (χ3n) is 12.4. The molecule has 63 heavy (non-hydrogen) atoms. The number of fused-ring (bicyclic) bond motifs is 9. The Morgan fingerprint density at radius 3 is 1.73 bits per heavy atom. The van der Waals surface area contributed by atoms with E-state index in [4.69, 9.17) is 15.0 Å². The molecule has 0 fully saturated rings. The van der Waals surface area contributed by atoms with Gasteiger partial charge in [-0.15, -0.1) is 11.3 Å². The van der Waals surface area contributed by atoms with Crippen molar-refractivity contribution in [3.63, 3.8) is 0 Å². The zero-order chi connectivity index (χ0) is 41.4. The Kier molecular flexibility index (Phi) is 8.01. The van der Waals surface area contributed by atoms with Crippen LogP contribution in [0.25, 0.3) is 120 Å². The standard InChI is InChI=1S/C57H35N5S/c1-3-15-36(16-4-1)38-30-32-51-48(34-38)43-22-8-11-27-50(43)62(51)57-59-55(58-56(60-57)47-25-14-24-46-45-23-9-12-28-53(45)63-54(46)47)40-18-13-17-37(33-40)39-29-31-44-42-21-7-10-26-49(42)61(52(44)35-39)41-19-5-2-6-20-41/h1-35H. The van der Waals surface area contributed by atoms with Crippen molar-refractivity contribution in [2.24, 2.45) is 0 Å². The summed E-state index contributed by atoms with van der Waals surface area (Å²) in [6, 6.07) is 75.6. The van der Waals surface area contributed by atoms with Crippen LogP contribution < -0.4 is 0 Å². The van der Waals surface area contributed by atoms with Crippen molar-refractivity contribution in [1.82, 2.24) is 24.1 Å². The van der Waals surface area contributed by atoms with Crippen LogP contribution in [0.1, 0.15) is 0 Å². The SMILES string of the molecule is c1ccc(-c2ccc3c(c2)c2ccccc2n3-c2nc(-c3cccc(-c4ccc5c6ccccc6n(-c6ccccc6)c5c4)c3)nc(-c3cccc4c3sc3ccccc34)n2)cc1. The predicted octanol–water partition coefficient (Wildman–Crippen LogP) is 15.1. The minimum absolute atomic E-state index is 0.575. The van der Waals surface area contributed by atoms with Crippen LogP contribution >= 0.6 is 11.3 Å². The van der Waals surface area contributed by atoms with Gasteiger partial charge in [0.25, 0.3) is 0 Å². The molecule has 294 valence electrons. The molecule has 0 spiro atoms. The average molecular weight is 822 g/mol. The Bertz CT molecular complexity index is 3920. The molecule has 4 heterocycles. The number of hydrogen-bond donors (Lipinski definition) is 0. The number of para-hydroxylation sites is 3. The molecule has 0 aliphatic carbocycles. The lowest BCUT2D eigenvalue weighted by molar-refractivity contribution is 0.954. The summed E-state index contributed by atoms with van der Waals surface area (Å²) in [4.78, 5) is 16.1. The van der Waals surface area contributed by atoms with E-state index in [2.05, 4.69) is 221 Å². The van der Waals surface area contributed by atoms with Gasteiger partial charge in [0, 0.05) is 58.5 Å². The maximum Gasteiger partial charge on any atom is 0.238 e. The van der Waals surface area contributed by atoms with Gasteiger partial charge in [0.05, 0.1) is 22.1 Å².